The third-order valence-corrected chi connectivity index (χ3v) is 5.44. The van der Waals surface area contributed by atoms with Crippen LogP contribution in [0.3, 0.4) is 0 Å². The van der Waals surface area contributed by atoms with Gasteiger partial charge >= 0.3 is 5.97 Å². The Kier molecular flexibility index (Phi) is 6.57. The van der Waals surface area contributed by atoms with Crippen molar-refractivity contribution in [2.24, 2.45) is 0 Å². The molecule has 0 N–H and O–H groups in total. The molecule has 0 atom stereocenters. The summed E-state index contributed by atoms with van der Waals surface area (Å²) in [4.78, 5) is 11.7. The number of carbonyl (C=O) groups excluding carboxylic acids is 1. The van der Waals surface area contributed by atoms with Crippen LogP contribution in [0.5, 0.6) is 0 Å². The highest BCUT2D eigenvalue weighted by Crippen LogP contribution is 2.26. The second-order valence-corrected chi connectivity index (χ2v) is 7.09. The molecule has 1 aromatic carbocycles. The van der Waals surface area contributed by atoms with Gasteiger partial charge in [-0.25, -0.2) is 8.42 Å². The Balaban J connectivity index is 3.15. The van der Waals surface area contributed by atoms with Crippen LogP contribution in [-0.2, 0) is 19.6 Å². The number of rotatable bonds is 7. The van der Waals surface area contributed by atoms with Gasteiger partial charge in [0.05, 0.1) is 11.5 Å². The van der Waals surface area contributed by atoms with Gasteiger partial charge in [0.1, 0.15) is 6.54 Å². The van der Waals surface area contributed by atoms with Crippen molar-refractivity contribution in [1.29, 1.82) is 0 Å². The van der Waals surface area contributed by atoms with Crippen LogP contribution in [-0.4, -0.2) is 38.4 Å². The molecule has 7 heteroatoms. The fourth-order valence-corrected chi connectivity index (χ4v) is 4.20. The van der Waals surface area contributed by atoms with Crippen molar-refractivity contribution < 1.29 is 17.9 Å². The Morgan fingerprint density at radius 1 is 1.48 bits per heavy atom. The fraction of sp³-hybridized carbons (Fsp3) is 0.357. The summed E-state index contributed by atoms with van der Waals surface area (Å²) in [5.41, 5.74) is 0.932. The topological polar surface area (TPSA) is 63.7 Å². The van der Waals surface area contributed by atoms with Crippen molar-refractivity contribution >= 4 is 31.9 Å². The minimum Gasteiger partial charge on any atom is -0.465 e. The number of hydrogen-bond donors (Lipinski definition) is 0. The number of sulfonamides is 1. The van der Waals surface area contributed by atoms with E-state index < -0.39 is 16.0 Å². The van der Waals surface area contributed by atoms with Crippen LogP contribution in [0, 0.1) is 6.92 Å². The first-order valence-corrected chi connectivity index (χ1v) is 8.59. The molecule has 0 aliphatic heterocycles. The molecule has 0 heterocycles. The quantitative estimate of drug-likeness (QED) is 0.542. The second kappa shape index (κ2) is 7.72. The molecule has 0 aliphatic rings. The first kappa shape index (κ1) is 17.9. The average molecular weight is 376 g/mol. The van der Waals surface area contributed by atoms with Crippen LogP contribution in [0.2, 0.25) is 0 Å². The van der Waals surface area contributed by atoms with Crippen molar-refractivity contribution in [2.75, 3.05) is 19.7 Å². The van der Waals surface area contributed by atoms with Gasteiger partial charge in [0.25, 0.3) is 0 Å². The summed E-state index contributed by atoms with van der Waals surface area (Å²) in [5.74, 6) is -0.592. The molecule has 21 heavy (non-hydrogen) atoms. The first-order valence-electron chi connectivity index (χ1n) is 6.35. The SMILES string of the molecule is C=CCN(CC(=O)OCC)S(=O)(=O)c1ccc(C)cc1Br. The van der Waals surface area contributed by atoms with E-state index in [0.29, 0.717) is 4.47 Å². The summed E-state index contributed by atoms with van der Waals surface area (Å²) >= 11 is 3.25. The molecule has 0 aliphatic carbocycles. The molecule has 0 spiro atoms. The molecule has 0 unspecified atom stereocenters. The lowest BCUT2D eigenvalue weighted by Crippen LogP contribution is -2.36. The third-order valence-electron chi connectivity index (χ3n) is 2.65. The van der Waals surface area contributed by atoms with Crippen LogP contribution in [0.1, 0.15) is 12.5 Å². The van der Waals surface area contributed by atoms with E-state index in [0.717, 1.165) is 9.87 Å². The number of aryl methyl sites for hydroxylation is 1. The predicted molar refractivity (Wildman–Crippen MR) is 84.5 cm³/mol. The molecular weight excluding hydrogens is 358 g/mol. The maximum atomic E-state index is 12.6. The maximum absolute atomic E-state index is 12.6. The normalized spacial score (nSPS) is 11.4. The lowest BCUT2D eigenvalue weighted by molar-refractivity contribution is -0.143. The van der Waals surface area contributed by atoms with Crippen LogP contribution in [0.25, 0.3) is 0 Å². The van der Waals surface area contributed by atoms with E-state index in [1.54, 1.807) is 19.1 Å². The van der Waals surface area contributed by atoms with Gasteiger partial charge in [-0.3, -0.25) is 4.79 Å². The van der Waals surface area contributed by atoms with Gasteiger partial charge in [-0.05, 0) is 47.5 Å². The number of nitrogens with zero attached hydrogens (tertiary/aromatic N) is 1. The molecule has 0 radical (unpaired) electrons. The van der Waals surface area contributed by atoms with Crippen LogP contribution in [0.4, 0.5) is 0 Å². The van der Waals surface area contributed by atoms with Gasteiger partial charge in [0.15, 0.2) is 0 Å². The highest BCUT2D eigenvalue weighted by molar-refractivity contribution is 9.10. The second-order valence-electron chi connectivity index (χ2n) is 4.33. The molecule has 0 fully saturated rings. The Labute approximate surface area is 133 Å². The third kappa shape index (κ3) is 4.66. The standard InChI is InChI=1S/C14H18BrNO4S/c1-4-8-16(10-14(17)20-5-2)21(18,19)13-7-6-11(3)9-12(13)15/h4,6-7,9H,1,5,8,10H2,2-3H3. The molecular formula is C14H18BrNO4S. The predicted octanol–water partition coefficient (Wildman–Crippen LogP) is 2.50. The lowest BCUT2D eigenvalue weighted by atomic mass is 10.2. The molecule has 1 rings (SSSR count). The van der Waals surface area contributed by atoms with Crippen molar-refractivity contribution in [1.82, 2.24) is 4.31 Å². The van der Waals surface area contributed by atoms with Gasteiger partial charge in [0.2, 0.25) is 10.0 Å². The van der Waals surface area contributed by atoms with Crippen molar-refractivity contribution in [3.05, 3.63) is 40.9 Å². The first-order chi connectivity index (χ1) is 9.82. The van der Waals surface area contributed by atoms with E-state index in [1.165, 1.54) is 12.1 Å². The highest BCUT2D eigenvalue weighted by Gasteiger charge is 2.28. The molecule has 0 amide bonds. The van der Waals surface area contributed by atoms with Crippen molar-refractivity contribution in [2.45, 2.75) is 18.7 Å². The maximum Gasteiger partial charge on any atom is 0.321 e. The number of carbonyl (C=O) groups is 1. The lowest BCUT2D eigenvalue weighted by Gasteiger charge is -2.20. The van der Waals surface area contributed by atoms with Gasteiger partial charge in [-0.2, -0.15) is 4.31 Å². The van der Waals surface area contributed by atoms with Gasteiger partial charge < -0.3 is 4.74 Å². The number of halogens is 1. The molecule has 0 saturated carbocycles. The zero-order valence-corrected chi connectivity index (χ0v) is 14.4. The summed E-state index contributed by atoms with van der Waals surface area (Å²) in [5, 5.41) is 0. The van der Waals surface area contributed by atoms with Crippen LogP contribution in [0.15, 0.2) is 40.2 Å². The Hall–Kier alpha value is -1.18. The number of hydrogen-bond acceptors (Lipinski definition) is 4. The summed E-state index contributed by atoms with van der Waals surface area (Å²) in [7, 11) is -3.81. The van der Waals surface area contributed by atoms with Gasteiger partial charge in [0, 0.05) is 11.0 Å². The van der Waals surface area contributed by atoms with E-state index >= 15 is 0 Å². The van der Waals surface area contributed by atoms with E-state index in [2.05, 4.69) is 22.5 Å². The molecule has 116 valence electrons. The van der Waals surface area contributed by atoms with E-state index in [4.69, 9.17) is 4.74 Å². The zero-order chi connectivity index (χ0) is 16.0. The minimum atomic E-state index is -3.81. The number of benzene rings is 1. The summed E-state index contributed by atoms with van der Waals surface area (Å²) in [6.45, 7) is 6.95. The molecule has 0 saturated heterocycles. The van der Waals surface area contributed by atoms with Crippen molar-refractivity contribution in [3.8, 4) is 0 Å². The Morgan fingerprint density at radius 2 is 2.14 bits per heavy atom. The van der Waals surface area contributed by atoms with E-state index in [-0.39, 0.29) is 24.6 Å². The van der Waals surface area contributed by atoms with E-state index in [9.17, 15) is 13.2 Å². The molecule has 0 aromatic heterocycles. The zero-order valence-electron chi connectivity index (χ0n) is 12.0. The number of esters is 1. The summed E-state index contributed by atoms with van der Waals surface area (Å²) in [6.07, 6.45) is 1.43. The van der Waals surface area contributed by atoms with Gasteiger partial charge in [-0.15, -0.1) is 6.58 Å². The van der Waals surface area contributed by atoms with E-state index in [1.807, 2.05) is 6.92 Å². The monoisotopic (exact) mass is 375 g/mol. The Bertz CT molecular complexity index is 628. The fourth-order valence-electron chi connectivity index (χ4n) is 1.70. The van der Waals surface area contributed by atoms with Crippen LogP contribution >= 0.6 is 15.9 Å². The molecule has 5 nitrogen and oxygen atoms in total. The largest absolute Gasteiger partial charge is 0.465 e. The van der Waals surface area contributed by atoms with Crippen LogP contribution < -0.4 is 0 Å². The molecule has 0 bridgehead atoms. The van der Waals surface area contributed by atoms with Crippen molar-refractivity contribution in [3.63, 3.8) is 0 Å². The molecule has 1 aromatic rings. The summed E-state index contributed by atoms with van der Waals surface area (Å²) < 4.78 is 31.6. The smallest absolute Gasteiger partial charge is 0.321 e. The average Bonchev–Trinajstić information content (AvgIpc) is 2.38. The number of ether oxygens (including phenoxy) is 1. The Morgan fingerprint density at radius 3 is 2.67 bits per heavy atom. The summed E-state index contributed by atoms with van der Waals surface area (Å²) in [6, 6.07) is 4.92. The highest BCUT2D eigenvalue weighted by atomic mass is 79.9. The van der Waals surface area contributed by atoms with Gasteiger partial charge in [-0.1, -0.05) is 12.1 Å². The minimum absolute atomic E-state index is 0.0292.